The van der Waals surface area contributed by atoms with Gasteiger partial charge in [-0.25, -0.2) is 19.6 Å². The molecule has 6 amide bonds. The Morgan fingerprint density at radius 2 is 1.01 bits per heavy atom. The van der Waals surface area contributed by atoms with Gasteiger partial charge in [0.15, 0.2) is 0 Å². The van der Waals surface area contributed by atoms with E-state index in [0.717, 1.165) is 69.2 Å². The first-order chi connectivity index (χ1) is 55.4. The van der Waals surface area contributed by atoms with Crippen LogP contribution in [-0.2, 0) is 54.3 Å². The maximum atomic E-state index is 14.2. The van der Waals surface area contributed by atoms with Crippen LogP contribution in [0.25, 0.3) is 31.9 Å². The molecular weight excluding hydrogens is 1510 g/mol. The van der Waals surface area contributed by atoms with E-state index in [-0.39, 0.29) is 121 Å². The Labute approximate surface area is 687 Å². The van der Waals surface area contributed by atoms with E-state index in [1.165, 1.54) is 37.8 Å². The minimum Gasteiger partial charge on any atom is -0.469 e. The lowest BCUT2D eigenvalue weighted by molar-refractivity contribution is -0.148. The number of nitrogens with zero attached hydrogens (tertiary/aromatic N) is 8. The molecule has 4 fully saturated rings. The van der Waals surface area contributed by atoms with Crippen LogP contribution in [-0.4, -0.2) is 194 Å². The summed E-state index contributed by atoms with van der Waals surface area (Å²) in [6.45, 7) is 25.5. The monoisotopic (exact) mass is 1620 g/mol. The molecule has 2 aromatic carbocycles. The van der Waals surface area contributed by atoms with Crippen molar-refractivity contribution in [3.8, 4) is 34.9 Å². The van der Waals surface area contributed by atoms with Gasteiger partial charge in [0, 0.05) is 76.5 Å². The Morgan fingerprint density at radius 1 is 0.534 bits per heavy atom. The van der Waals surface area contributed by atoms with Gasteiger partial charge in [-0.15, -0.1) is 22.7 Å². The van der Waals surface area contributed by atoms with E-state index < -0.39 is 42.1 Å². The summed E-state index contributed by atoms with van der Waals surface area (Å²) in [6, 6.07) is 17.7. The molecule has 12 rings (SSSR count). The molecule has 4 saturated heterocycles. The summed E-state index contributed by atoms with van der Waals surface area (Å²) in [5, 5.41) is 27.8. The summed E-state index contributed by atoms with van der Waals surface area (Å²) in [5.41, 5.74) is 10.2. The number of H-pyrrole nitrogens is 2. The van der Waals surface area contributed by atoms with E-state index in [4.69, 9.17) is 33.9 Å². The maximum Gasteiger partial charge on any atom is 0.407 e. The maximum absolute atomic E-state index is 14.2. The quantitative estimate of drug-likeness (QED) is 0.0197. The van der Waals surface area contributed by atoms with Gasteiger partial charge >= 0.3 is 24.1 Å². The lowest BCUT2D eigenvalue weighted by Gasteiger charge is -2.30. The molecule has 6 N–H and O–H groups in total. The zero-order valence-corrected chi connectivity index (χ0v) is 70.9. The standard InChI is InChI=1S/C44H56N6O8.C44H54N6O6S2/c1-25(2)32(20-39(53)57-7)42(54)49-21-27(5)17-37(49)34-19-31(35(23-51)45-34)15-13-29-9-11-30(12-10-29)14-16-33-36(24-52)47-41(46-33)38-18-28(6)22-50(38)43(55)40(26(3)4)48-44(56)58-8;1-23(2)29(18-38(51)55-7)42(52)49-21-25(5)15-33(49)31-17-30(40(46-31)37-19-36-35(58-37)13-14-57-36)27-9-11-28(12-10-27)32-20-45-41(47-32)34-16-26(6)22-50(34)43(53)39(24(3)4)48-44(54)56-8/h9-12,25-28,32,37-38,40,51-52H,17-24H2,1-8H3,(H,46,47)(H,48,56);9-14,19-20,23-26,29,33-34,39H,15-18,21-22H2,1-8H3,(H,45,47)(H,48,54)/t27-,28-,32-,37-,38-,40-;25-,26-,29-,33-,34-,39-/m00/s1. The molecule has 0 unspecified atom stereocenters. The first-order valence-electron chi connectivity index (χ1n) is 40.2. The number of allylic oxidation sites excluding steroid dienone is 2. The van der Waals surface area contributed by atoms with E-state index in [1.54, 1.807) is 27.6 Å². The molecular formula is C88H110N12O14S2. The highest BCUT2D eigenvalue weighted by Crippen LogP contribution is 2.46. The topological polar surface area (TPSA) is 333 Å². The number of aliphatic hydroxyl groups is 2. The normalized spacial score (nSPS) is 21.6. The highest BCUT2D eigenvalue weighted by atomic mass is 32.1. The fraction of sp³-hybridized carbons (Fsp3) is 0.523. The second kappa shape index (κ2) is 38.2. The third kappa shape index (κ3) is 19.9. The number of thiophene rings is 2. The highest BCUT2D eigenvalue weighted by Gasteiger charge is 2.46. The van der Waals surface area contributed by atoms with Crippen LogP contribution in [0, 0.1) is 82.9 Å². The molecule has 0 aliphatic carbocycles. The van der Waals surface area contributed by atoms with Gasteiger partial charge in [0.2, 0.25) is 23.6 Å². The number of aromatic nitrogens is 4. The van der Waals surface area contributed by atoms with Crippen molar-refractivity contribution in [2.75, 3.05) is 61.2 Å². The third-order valence-electron chi connectivity index (χ3n) is 22.9. The molecule has 618 valence electrons. The Bertz CT molecular complexity index is 4860. The average Bonchev–Trinajstić information content (AvgIpc) is 1.62. The summed E-state index contributed by atoms with van der Waals surface area (Å²) in [5.74, 6) is 12.3. The molecule has 6 aliphatic rings. The van der Waals surface area contributed by atoms with Crippen molar-refractivity contribution in [3.05, 3.63) is 128 Å². The minimum absolute atomic E-state index is 0.00971. The second-order valence-electron chi connectivity index (χ2n) is 33.0. The van der Waals surface area contributed by atoms with Crippen molar-refractivity contribution in [2.45, 2.75) is 177 Å². The van der Waals surface area contributed by atoms with E-state index in [0.29, 0.717) is 91.2 Å². The molecule has 0 bridgehead atoms. The van der Waals surface area contributed by atoms with E-state index in [1.807, 2.05) is 101 Å². The fourth-order valence-corrected chi connectivity index (χ4v) is 18.6. The Morgan fingerprint density at radius 3 is 1.47 bits per heavy atom. The minimum atomic E-state index is -0.773. The van der Waals surface area contributed by atoms with Crippen LogP contribution in [0.4, 0.5) is 9.59 Å². The molecule has 12 atom stereocenters. The van der Waals surface area contributed by atoms with Crippen molar-refractivity contribution in [1.82, 2.24) is 50.2 Å². The van der Waals surface area contributed by atoms with E-state index in [2.05, 4.69) is 119 Å². The van der Waals surface area contributed by atoms with Crippen LogP contribution < -0.4 is 10.6 Å². The Balaban J connectivity index is 0.000000228. The summed E-state index contributed by atoms with van der Waals surface area (Å²) in [4.78, 5) is 139. The number of fused-ring (bicyclic) bond motifs is 1. The molecule has 0 spiro atoms. The number of carbonyl (C=O) groups excluding carboxylic acids is 8. The van der Waals surface area contributed by atoms with Gasteiger partial charge in [-0.1, -0.05) is 125 Å². The van der Waals surface area contributed by atoms with Crippen LogP contribution in [0.1, 0.15) is 191 Å². The third-order valence-corrected chi connectivity index (χ3v) is 25.0. The molecule has 26 nitrogen and oxygen atoms in total. The van der Waals surface area contributed by atoms with Gasteiger partial charge in [-0.3, -0.25) is 38.8 Å². The highest BCUT2D eigenvalue weighted by molar-refractivity contribution is 7.27. The fourth-order valence-electron chi connectivity index (χ4n) is 16.5. The summed E-state index contributed by atoms with van der Waals surface area (Å²) in [7, 11) is 5.25. The van der Waals surface area contributed by atoms with Crippen molar-refractivity contribution >= 4 is 103 Å². The molecule has 28 heteroatoms. The van der Waals surface area contributed by atoms with Crippen LogP contribution in [0.3, 0.4) is 0 Å². The molecule has 0 radical (unpaired) electrons. The lowest BCUT2D eigenvalue weighted by Crippen LogP contribution is -2.51. The number of benzene rings is 2. The van der Waals surface area contributed by atoms with Crippen LogP contribution >= 0.6 is 22.7 Å². The number of methoxy groups -OCH3 is 4. The van der Waals surface area contributed by atoms with Crippen LogP contribution in [0.2, 0.25) is 0 Å². The number of hydrogen-bond acceptors (Lipinski definition) is 20. The smallest absolute Gasteiger partial charge is 0.407 e. The van der Waals surface area contributed by atoms with Gasteiger partial charge in [0.25, 0.3) is 0 Å². The van der Waals surface area contributed by atoms with E-state index in [9.17, 15) is 48.6 Å². The number of rotatable bonds is 23. The predicted molar refractivity (Wildman–Crippen MR) is 446 cm³/mol. The first kappa shape index (κ1) is 86.6. The van der Waals surface area contributed by atoms with Crippen LogP contribution in [0.5, 0.6) is 0 Å². The first-order valence-corrected chi connectivity index (χ1v) is 41.8. The summed E-state index contributed by atoms with van der Waals surface area (Å²) in [6.07, 6.45) is 4.60. The van der Waals surface area contributed by atoms with Crippen LogP contribution in [0.15, 0.2) is 93.5 Å². The zero-order valence-electron chi connectivity index (χ0n) is 69.3. The number of esters is 2. The molecule has 0 saturated carbocycles. The number of ether oxygens (including phenoxy) is 4. The van der Waals surface area contributed by atoms with Gasteiger partial charge in [-0.2, -0.15) is 0 Å². The second-order valence-corrected chi connectivity index (χ2v) is 35.1. The van der Waals surface area contributed by atoms with Crippen molar-refractivity contribution in [2.24, 2.45) is 69.2 Å². The van der Waals surface area contributed by atoms with Gasteiger partial charge in [-0.05, 0) is 137 Å². The largest absolute Gasteiger partial charge is 0.469 e. The van der Waals surface area contributed by atoms with Crippen molar-refractivity contribution in [3.63, 3.8) is 0 Å². The number of carbonyl (C=O) groups is 8. The SMILES string of the molecule is COC(=O)C[C@H](C(=O)N1C[C@@H](C)C[C@H]1C1=NC(CO)=C(C#Cc2ccc(C#Cc3[nH]c([C@@H]4C[C@H](C)CN4C(=O)[C@@H](NC(=O)OC)C(C)C)nc3CO)cc2)C1)C(C)C.COC(=O)C[C@H](C(=O)N1C[C@@H](C)C[C@H]1C1=NC(c2cc3sccc3s2)=C(c2ccc(-c3cnc([C@@H]4C[C@H](C)CN4C(=O)[C@@H](NC(=O)OC)C(C)C)[nH]3)cc2)C1)C(C)C. The van der Waals surface area contributed by atoms with Gasteiger partial charge in [0.1, 0.15) is 35.1 Å². The Kier molecular flexibility index (Phi) is 28.5. The lowest BCUT2D eigenvalue weighted by atomic mass is 9.90. The number of hydrogen-bond donors (Lipinski definition) is 6. The number of likely N-dealkylation sites (tertiary alicyclic amines) is 4. The molecule has 6 aromatic rings. The number of imidazole rings is 2. The molecule has 4 aromatic heterocycles. The van der Waals surface area contributed by atoms with Gasteiger partial charge in [0.05, 0.1) is 119 Å². The number of alkyl carbamates (subject to hydrolysis) is 2. The van der Waals surface area contributed by atoms with Crippen molar-refractivity contribution < 1.29 is 67.5 Å². The summed E-state index contributed by atoms with van der Waals surface area (Å²) >= 11 is 3.46. The molecule has 10 heterocycles. The number of aliphatic imine (C=N–C) groups is 2. The molecule has 6 aliphatic heterocycles. The average molecular weight is 1620 g/mol. The summed E-state index contributed by atoms with van der Waals surface area (Å²) < 4.78 is 21.9. The number of aliphatic hydroxyl groups excluding tert-OH is 2. The molecule has 116 heavy (non-hydrogen) atoms. The number of aromatic amines is 2. The van der Waals surface area contributed by atoms with Gasteiger partial charge < -0.3 is 69.4 Å². The zero-order chi connectivity index (χ0) is 83.7. The number of amides is 6. The van der Waals surface area contributed by atoms with E-state index >= 15 is 0 Å². The predicted octanol–water partition coefficient (Wildman–Crippen LogP) is 12.5. The van der Waals surface area contributed by atoms with Crippen molar-refractivity contribution in [1.29, 1.82) is 0 Å². The Hall–Kier alpha value is -10.3. The number of nitrogens with one attached hydrogen (secondary N) is 4.